The number of esters is 1. The number of amides is 1. The van der Waals surface area contributed by atoms with Crippen LogP contribution < -0.4 is 28.2 Å². The molecule has 2 aromatic rings. The van der Waals surface area contributed by atoms with Gasteiger partial charge < -0.3 is 35.7 Å². The van der Waals surface area contributed by atoms with Crippen molar-refractivity contribution in [2.24, 2.45) is 17.8 Å². The maximum atomic E-state index is 12.3. The molecule has 1 amide bonds. The predicted octanol–water partition coefficient (Wildman–Crippen LogP) is 4.76. The molecule has 0 aliphatic carbocycles. The van der Waals surface area contributed by atoms with Crippen molar-refractivity contribution in [1.29, 1.82) is 0 Å². The van der Waals surface area contributed by atoms with Crippen LogP contribution in [0, 0.1) is 33.2 Å². The number of nitrogens with zero attached hydrogens (tertiary/aromatic N) is 4. The molecule has 3 unspecified atom stereocenters. The largest absolute Gasteiger partial charge is 0.452 e. The van der Waals surface area contributed by atoms with E-state index in [0.717, 1.165) is 22.8 Å². The summed E-state index contributed by atoms with van der Waals surface area (Å²) in [4.78, 5) is 55.6. The third kappa shape index (κ3) is 12.5. The highest BCUT2D eigenvalue weighted by Gasteiger charge is 2.34. The summed E-state index contributed by atoms with van der Waals surface area (Å²) in [6, 6.07) is 0. The topological polar surface area (TPSA) is 205 Å². The average molecular weight is 840 g/mol. The number of nitrogens with two attached hydrogens (primary N) is 2. The first-order valence-electron chi connectivity index (χ1n) is 17.8. The molecule has 4 heterocycles. The van der Waals surface area contributed by atoms with Crippen molar-refractivity contribution in [3.05, 3.63) is 42.5 Å². The number of carbonyl (C=O) groups is 2. The summed E-state index contributed by atoms with van der Waals surface area (Å²) < 4.78 is 26.0. The van der Waals surface area contributed by atoms with Gasteiger partial charge in [-0.2, -0.15) is 9.97 Å². The van der Waals surface area contributed by atoms with Gasteiger partial charge in [-0.3, -0.25) is 13.9 Å². The van der Waals surface area contributed by atoms with Crippen molar-refractivity contribution >= 4 is 46.3 Å². The van der Waals surface area contributed by atoms with Crippen LogP contribution in [0.25, 0.3) is 0 Å². The number of hydrogen-bond acceptors (Lipinski definition) is 12. The van der Waals surface area contributed by atoms with E-state index >= 15 is 0 Å². The number of nitrogens with one attached hydrogen (secondary N) is 1. The smallest absolute Gasteiger partial charge is 0.407 e. The Labute approximate surface area is 319 Å². The molecule has 2 fully saturated rings. The number of nitrogen functional groups attached to an aromatic ring is 2. The fraction of sp³-hybridized carbons (Fsp3) is 0.667. The molecular weight excluding hydrogens is 785 g/mol. The highest BCUT2D eigenvalue weighted by molar-refractivity contribution is 14.1. The van der Waals surface area contributed by atoms with Crippen LogP contribution >= 0.6 is 22.6 Å². The molecule has 4 rings (SSSR count). The molecule has 288 valence electrons. The number of carbonyl (C=O) groups excluding carboxylic acids is 2. The van der Waals surface area contributed by atoms with E-state index in [1.165, 1.54) is 4.57 Å². The van der Waals surface area contributed by atoms with E-state index < -0.39 is 23.6 Å². The minimum absolute atomic E-state index is 0.0222. The van der Waals surface area contributed by atoms with Gasteiger partial charge in [0.25, 0.3) is 0 Å². The molecule has 52 heavy (non-hydrogen) atoms. The van der Waals surface area contributed by atoms with Gasteiger partial charge in [-0.05, 0) is 93.7 Å². The molecule has 2 aliphatic rings. The zero-order valence-electron chi connectivity index (χ0n) is 31.4. The zero-order valence-corrected chi connectivity index (χ0v) is 33.6. The Kier molecular flexibility index (Phi) is 15.9. The maximum absolute atomic E-state index is 12.3. The second kappa shape index (κ2) is 19.4. The monoisotopic (exact) mass is 839 g/mol. The number of alkyl carbamates (subject to hydrolysis) is 1. The molecule has 5 N–H and O–H groups in total. The van der Waals surface area contributed by atoms with Crippen LogP contribution in [0.2, 0.25) is 0 Å². The Bertz CT molecular complexity index is 1710. The maximum Gasteiger partial charge on any atom is 0.407 e. The molecule has 16 heteroatoms. The van der Waals surface area contributed by atoms with Gasteiger partial charge >= 0.3 is 23.4 Å². The first-order valence-corrected chi connectivity index (χ1v) is 18.9. The van der Waals surface area contributed by atoms with E-state index in [0.29, 0.717) is 43.2 Å². The van der Waals surface area contributed by atoms with E-state index in [1.54, 1.807) is 44.7 Å². The molecule has 0 aromatic carbocycles. The minimum Gasteiger partial charge on any atom is -0.452 e. The lowest BCUT2D eigenvalue weighted by atomic mass is 10.0. The van der Waals surface area contributed by atoms with Gasteiger partial charge in [-0.1, -0.05) is 46.5 Å². The second-order valence-corrected chi connectivity index (χ2v) is 15.4. The molecule has 7 atom stereocenters. The number of anilines is 2. The summed E-state index contributed by atoms with van der Waals surface area (Å²) in [6.45, 7) is 15.8. The number of rotatable bonds is 10. The molecule has 0 spiro atoms. The van der Waals surface area contributed by atoms with Crippen LogP contribution in [-0.4, -0.2) is 62.1 Å². The van der Waals surface area contributed by atoms with Crippen LogP contribution in [0.5, 0.6) is 0 Å². The first-order chi connectivity index (χ1) is 24.4. The number of halogens is 1. The summed E-state index contributed by atoms with van der Waals surface area (Å²) in [7, 11) is 0. The molecule has 2 aliphatic heterocycles. The fourth-order valence-electron chi connectivity index (χ4n) is 5.94. The van der Waals surface area contributed by atoms with Crippen molar-refractivity contribution in [3.8, 4) is 11.8 Å². The van der Waals surface area contributed by atoms with Crippen LogP contribution in [0.1, 0.15) is 112 Å². The quantitative estimate of drug-likeness (QED) is 0.128. The van der Waals surface area contributed by atoms with Crippen LogP contribution in [-0.2, 0) is 23.7 Å². The molecule has 15 nitrogen and oxygen atoms in total. The van der Waals surface area contributed by atoms with E-state index in [4.69, 9.17) is 30.4 Å². The summed E-state index contributed by atoms with van der Waals surface area (Å²) in [5, 5.41) is 2.66. The Balaban J connectivity index is 0.000000355. The highest BCUT2D eigenvalue weighted by atomic mass is 127. The van der Waals surface area contributed by atoms with Gasteiger partial charge in [0.05, 0.1) is 27.3 Å². The minimum atomic E-state index is -0.554. The Morgan fingerprint density at radius 3 is 2.06 bits per heavy atom. The van der Waals surface area contributed by atoms with Gasteiger partial charge in [-0.25, -0.2) is 14.4 Å². The van der Waals surface area contributed by atoms with E-state index in [-0.39, 0.29) is 54.3 Å². The molecule has 2 saturated heterocycles. The van der Waals surface area contributed by atoms with Crippen LogP contribution in [0.4, 0.5) is 16.4 Å². The molecular formula is C36H54IN7O8. The lowest BCUT2D eigenvalue weighted by Gasteiger charge is -2.19. The summed E-state index contributed by atoms with van der Waals surface area (Å²) in [5.74, 6) is 5.95. The molecule has 2 aromatic heterocycles. The molecule has 0 radical (unpaired) electrons. The SMILES string of the molecule is CC[C@H]1O[C@@H](n2cc(C#CCOC(=O)C(C)CCCNC(=O)OC(C)(C)C)c(N)nc2=O)CC1C.CC[C@H]1O[C@@H](n2cc(I)c(N)nc2=O)CC1C. The van der Waals surface area contributed by atoms with Crippen molar-refractivity contribution in [3.63, 3.8) is 0 Å². The Morgan fingerprint density at radius 1 is 1.00 bits per heavy atom. The number of aromatic nitrogens is 4. The van der Waals surface area contributed by atoms with E-state index in [2.05, 4.69) is 70.5 Å². The third-order valence-corrected chi connectivity index (χ3v) is 9.65. The zero-order chi connectivity index (χ0) is 38.7. The summed E-state index contributed by atoms with van der Waals surface area (Å²) >= 11 is 2.07. The lowest BCUT2D eigenvalue weighted by molar-refractivity contribution is -0.146. The Morgan fingerprint density at radius 2 is 1.54 bits per heavy atom. The van der Waals surface area contributed by atoms with E-state index in [9.17, 15) is 19.2 Å². The molecule has 0 saturated carbocycles. The third-order valence-electron chi connectivity index (χ3n) is 8.81. The highest BCUT2D eigenvalue weighted by Crippen LogP contribution is 2.35. The first kappa shape index (κ1) is 42.7. The van der Waals surface area contributed by atoms with Crippen molar-refractivity contribution in [2.75, 3.05) is 24.6 Å². The predicted molar refractivity (Wildman–Crippen MR) is 205 cm³/mol. The van der Waals surface area contributed by atoms with Crippen molar-refractivity contribution in [1.82, 2.24) is 24.4 Å². The van der Waals surface area contributed by atoms with Gasteiger partial charge in [-0.15, -0.1) is 0 Å². The van der Waals surface area contributed by atoms with Gasteiger partial charge in [0, 0.05) is 18.9 Å². The van der Waals surface area contributed by atoms with Crippen LogP contribution in [0.15, 0.2) is 22.0 Å². The average Bonchev–Trinajstić information content (AvgIpc) is 3.64. The second-order valence-electron chi connectivity index (χ2n) is 14.3. The van der Waals surface area contributed by atoms with E-state index in [1.807, 2.05) is 6.92 Å². The standard InChI is InChI=1S/C25H38N4O6.C11H16IN3O2/c1-7-19-17(3)14-20(34-19)29-15-18(21(26)28-23(29)31)11-9-13-33-22(30)16(2)10-8-12-27-24(32)35-25(4,5)6;1-3-8-6(2)4-9(17-8)15-5-7(12)10(13)14-11(15)16/h15-17,19-20H,7-8,10,12-14H2,1-6H3,(H,27,32)(H2,26,28,31);5-6,8-9H,3-4H2,1-2H3,(H2,13,14,16)/t16?,17?,19-,20-;6?,8-,9-/m11/s1. The van der Waals surface area contributed by atoms with Crippen LogP contribution in [0.3, 0.4) is 0 Å². The number of hydrogen-bond donors (Lipinski definition) is 3. The van der Waals surface area contributed by atoms with Gasteiger partial charge in [0.15, 0.2) is 6.61 Å². The summed E-state index contributed by atoms with van der Waals surface area (Å²) in [5.41, 5.74) is 10.5. The van der Waals surface area contributed by atoms with Gasteiger partial charge in [0.1, 0.15) is 29.7 Å². The number of ether oxygens (including phenoxy) is 4. The summed E-state index contributed by atoms with van der Waals surface area (Å²) in [6.07, 6.45) is 7.03. The fourth-order valence-corrected chi connectivity index (χ4v) is 6.36. The Hall–Kier alpha value is -3.69. The normalized spacial score (nSPS) is 23.1. The van der Waals surface area contributed by atoms with Crippen molar-refractivity contribution < 1.29 is 28.5 Å². The van der Waals surface area contributed by atoms with Gasteiger partial charge in [0.2, 0.25) is 0 Å². The lowest BCUT2D eigenvalue weighted by Crippen LogP contribution is -2.33. The van der Waals surface area contributed by atoms with Crippen molar-refractivity contribution in [2.45, 2.75) is 124 Å². The molecule has 0 bridgehead atoms.